The predicted octanol–water partition coefficient (Wildman–Crippen LogP) is 1.27. The van der Waals surface area contributed by atoms with Crippen LogP contribution in [0, 0.1) is 0 Å². The van der Waals surface area contributed by atoms with E-state index < -0.39 is 20.6 Å². The molecule has 0 saturated heterocycles. The number of hydrogen-bond donors (Lipinski definition) is 1. The molecular formula is C14H21N3O2S. The summed E-state index contributed by atoms with van der Waals surface area (Å²) in [5.41, 5.74) is 8.05. The van der Waals surface area contributed by atoms with Gasteiger partial charge in [0.15, 0.2) is 9.84 Å². The van der Waals surface area contributed by atoms with Gasteiger partial charge in [-0.05, 0) is 26.0 Å². The largest absolute Gasteiger partial charge is 0.331 e. The third-order valence-electron chi connectivity index (χ3n) is 4.13. The van der Waals surface area contributed by atoms with Gasteiger partial charge in [-0.1, -0.05) is 12.1 Å². The van der Waals surface area contributed by atoms with Crippen molar-refractivity contribution in [3.8, 4) is 0 Å². The number of imidazole rings is 1. The van der Waals surface area contributed by atoms with Gasteiger partial charge in [-0.25, -0.2) is 13.4 Å². The number of rotatable bonds is 4. The molecule has 1 aromatic carbocycles. The van der Waals surface area contributed by atoms with Crippen molar-refractivity contribution in [2.75, 3.05) is 6.26 Å². The third kappa shape index (κ3) is 2.45. The summed E-state index contributed by atoms with van der Waals surface area (Å²) in [6, 6.07) is 7.30. The molecule has 0 saturated carbocycles. The first-order chi connectivity index (χ1) is 9.14. The van der Waals surface area contributed by atoms with Gasteiger partial charge in [-0.2, -0.15) is 0 Å². The molecular weight excluding hydrogens is 274 g/mol. The maximum atomic E-state index is 11.8. The first-order valence-corrected chi connectivity index (χ1v) is 8.39. The van der Waals surface area contributed by atoms with Gasteiger partial charge in [0.05, 0.1) is 15.8 Å². The number of nitrogens with two attached hydrogens (primary N) is 1. The summed E-state index contributed by atoms with van der Waals surface area (Å²) in [7, 11) is -1.31. The van der Waals surface area contributed by atoms with Crippen molar-refractivity contribution in [2.45, 2.75) is 31.1 Å². The number of nitrogens with zero attached hydrogens (tertiary/aromatic N) is 2. The van der Waals surface area contributed by atoms with Crippen LogP contribution in [0.3, 0.4) is 0 Å². The van der Waals surface area contributed by atoms with E-state index in [9.17, 15) is 8.42 Å². The second-order valence-corrected chi connectivity index (χ2v) is 8.36. The molecule has 1 atom stereocenters. The molecule has 0 spiro atoms. The maximum absolute atomic E-state index is 11.8. The molecule has 2 aromatic rings. The molecule has 2 rings (SSSR count). The second-order valence-electron chi connectivity index (χ2n) is 5.76. The van der Waals surface area contributed by atoms with E-state index in [0.29, 0.717) is 6.42 Å². The Morgan fingerprint density at radius 2 is 1.95 bits per heavy atom. The van der Waals surface area contributed by atoms with E-state index in [2.05, 4.69) is 4.98 Å². The fourth-order valence-corrected chi connectivity index (χ4v) is 2.73. The number of benzene rings is 1. The summed E-state index contributed by atoms with van der Waals surface area (Å²) in [6.07, 6.45) is 1.65. The molecule has 0 amide bonds. The monoisotopic (exact) mass is 295 g/mol. The number of hydrogen-bond acceptors (Lipinski definition) is 4. The molecule has 110 valence electrons. The lowest BCUT2D eigenvalue weighted by Crippen LogP contribution is -2.50. The van der Waals surface area contributed by atoms with Crippen LogP contribution in [-0.2, 0) is 23.3 Å². The molecule has 0 bridgehead atoms. The summed E-state index contributed by atoms with van der Waals surface area (Å²) >= 11 is 0. The molecule has 0 radical (unpaired) electrons. The minimum absolute atomic E-state index is 0.422. The number of sulfone groups is 1. The first-order valence-electron chi connectivity index (χ1n) is 6.50. The standard InChI is InChI=1S/C14H21N3O2S/c1-14(2,20(4,18)19)12(15)9-13-16-10-7-5-6-8-11(10)17(13)3/h5-8,12H,9,15H2,1-4H3. The van der Waals surface area contributed by atoms with Gasteiger partial charge in [0.25, 0.3) is 0 Å². The van der Waals surface area contributed by atoms with Crippen LogP contribution in [0.25, 0.3) is 11.0 Å². The van der Waals surface area contributed by atoms with Crippen molar-refractivity contribution in [1.29, 1.82) is 0 Å². The highest BCUT2D eigenvalue weighted by molar-refractivity contribution is 7.92. The Morgan fingerprint density at radius 1 is 1.35 bits per heavy atom. The van der Waals surface area contributed by atoms with Crippen LogP contribution in [-0.4, -0.2) is 35.0 Å². The lowest BCUT2D eigenvalue weighted by molar-refractivity contribution is 0.473. The summed E-state index contributed by atoms with van der Waals surface area (Å²) in [5, 5.41) is 0. The van der Waals surface area contributed by atoms with Gasteiger partial charge >= 0.3 is 0 Å². The van der Waals surface area contributed by atoms with Crippen molar-refractivity contribution in [3.05, 3.63) is 30.1 Å². The van der Waals surface area contributed by atoms with E-state index in [-0.39, 0.29) is 0 Å². The highest BCUT2D eigenvalue weighted by Gasteiger charge is 2.37. The van der Waals surface area contributed by atoms with Crippen molar-refractivity contribution in [1.82, 2.24) is 9.55 Å². The molecule has 0 aliphatic heterocycles. The van der Waals surface area contributed by atoms with Gasteiger partial charge in [-0.15, -0.1) is 0 Å². The van der Waals surface area contributed by atoms with Crippen LogP contribution >= 0.6 is 0 Å². The molecule has 6 heteroatoms. The number of aromatic nitrogens is 2. The zero-order valence-electron chi connectivity index (χ0n) is 12.3. The van der Waals surface area contributed by atoms with Crippen LogP contribution in [0.1, 0.15) is 19.7 Å². The molecule has 0 fully saturated rings. The van der Waals surface area contributed by atoms with E-state index in [0.717, 1.165) is 16.9 Å². The highest BCUT2D eigenvalue weighted by Crippen LogP contribution is 2.23. The first kappa shape index (κ1) is 15.0. The van der Waals surface area contributed by atoms with E-state index in [1.54, 1.807) is 13.8 Å². The Labute approximate surface area is 119 Å². The number of para-hydroxylation sites is 2. The average Bonchev–Trinajstić information content (AvgIpc) is 2.65. The van der Waals surface area contributed by atoms with Gasteiger partial charge in [0.1, 0.15) is 5.82 Å². The Kier molecular flexibility index (Phi) is 3.64. The van der Waals surface area contributed by atoms with Crippen molar-refractivity contribution in [3.63, 3.8) is 0 Å². The molecule has 0 aliphatic carbocycles. The van der Waals surface area contributed by atoms with Gasteiger partial charge in [0.2, 0.25) is 0 Å². The Bertz CT molecular complexity index is 732. The highest BCUT2D eigenvalue weighted by atomic mass is 32.2. The molecule has 20 heavy (non-hydrogen) atoms. The van der Waals surface area contributed by atoms with E-state index in [1.165, 1.54) is 6.26 Å². The van der Waals surface area contributed by atoms with E-state index in [1.807, 2.05) is 35.9 Å². The van der Waals surface area contributed by atoms with Gasteiger partial charge in [-0.3, -0.25) is 0 Å². The fraction of sp³-hybridized carbons (Fsp3) is 0.500. The van der Waals surface area contributed by atoms with Crippen LogP contribution in [0.15, 0.2) is 24.3 Å². The lowest BCUT2D eigenvalue weighted by Gasteiger charge is -2.29. The third-order valence-corrected chi connectivity index (χ3v) is 6.34. The quantitative estimate of drug-likeness (QED) is 0.921. The van der Waals surface area contributed by atoms with Gasteiger partial charge in [0, 0.05) is 25.8 Å². The second kappa shape index (κ2) is 4.86. The molecule has 5 nitrogen and oxygen atoms in total. The maximum Gasteiger partial charge on any atom is 0.154 e. The minimum Gasteiger partial charge on any atom is -0.331 e. The fourth-order valence-electron chi connectivity index (χ4n) is 2.10. The molecule has 0 aliphatic rings. The molecule has 2 N–H and O–H groups in total. The normalized spacial score (nSPS) is 14.7. The zero-order chi connectivity index (χ0) is 15.1. The lowest BCUT2D eigenvalue weighted by atomic mass is 10.0. The van der Waals surface area contributed by atoms with Crippen LogP contribution in [0.4, 0.5) is 0 Å². The molecule has 1 heterocycles. The SMILES string of the molecule is Cn1c(CC(N)C(C)(C)S(C)(=O)=O)nc2ccccc21. The zero-order valence-corrected chi connectivity index (χ0v) is 13.1. The predicted molar refractivity (Wildman–Crippen MR) is 81.3 cm³/mol. The van der Waals surface area contributed by atoms with E-state index >= 15 is 0 Å². The Balaban J connectivity index is 2.36. The smallest absolute Gasteiger partial charge is 0.154 e. The summed E-state index contributed by atoms with van der Waals surface area (Å²) < 4.78 is 24.7. The molecule has 1 aromatic heterocycles. The number of fused-ring (bicyclic) bond motifs is 1. The van der Waals surface area contributed by atoms with E-state index in [4.69, 9.17) is 5.73 Å². The van der Waals surface area contributed by atoms with Crippen LogP contribution in [0.2, 0.25) is 0 Å². The summed E-state index contributed by atoms with van der Waals surface area (Å²) in [5.74, 6) is 0.801. The summed E-state index contributed by atoms with van der Waals surface area (Å²) in [4.78, 5) is 4.54. The van der Waals surface area contributed by atoms with Crippen molar-refractivity contribution in [2.24, 2.45) is 12.8 Å². The van der Waals surface area contributed by atoms with Crippen molar-refractivity contribution < 1.29 is 8.42 Å². The summed E-state index contributed by atoms with van der Waals surface area (Å²) in [6.45, 7) is 3.32. The Hall–Kier alpha value is -1.40. The topological polar surface area (TPSA) is 78.0 Å². The Morgan fingerprint density at radius 3 is 2.50 bits per heavy atom. The van der Waals surface area contributed by atoms with Crippen LogP contribution < -0.4 is 5.73 Å². The van der Waals surface area contributed by atoms with Gasteiger partial charge < -0.3 is 10.3 Å². The number of aryl methyl sites for hydroxylation is 1. The van der Waals surface area contributed by atoms with Crippen molar-refractivity contribution >= 4 is 20.9 Å². The minimum atomic E-state index is -3.23. The van der Waals surface area contributed by atoms with Crippen LogP contribution in [0.5, 0.6) is 0 Å². The average molecular weight is 295 g/mol. The molecule has 1 unspecified atom stereocenters.